The summed E-state index contributed by atoms with van der Waals surface area (Å²) in [5.74, 6) is 0.794. The first-order valence-corrected chi connectivity index (χ1v) is 7.71. The number of aliphatic hydroxyl groups is 1. The van der Waals surface area contributed by atoms with Crippen LogP contribution in [0.2, 0.25) is 0 Å². The van der Waals surface area contributed by atoms with E-state index in [1.807, 2.05) is 13.0 Å². The van der Waals surface area contributed by atoms with Crippen molar-refractivity contribution in [3.8, 4) is 0 Å². The number of fused-ring (bicyclic) bond motifs is 1. The normalized spacial score (nSPS) is 27.7. The number of nitrogens with two attached hydrogens (primary N) is 1. The van der Waals surface area contributed by atoms with Crippen molar-refractivity contribution in [2.24, 2.45) is 11.8 Å². The molecule has 1 saturated heterocycles. The Morgan fingerprint density at radius 1 is 1.43 bits per heavy atom. The van der Waals surface area contributed by atoms with Gasteiger partial charge in [-0.2, -0.15) is 0 Å². The number of nitrogens with one attached hydrogen (secondary N) is 1. The Bertz CT molecular complexity index is 546. The van der Waals surface area contributed by atoms with Crippen molar-refractivity contribution in [2.45, 2.75) is 25.9 Å². The third-order valence-electron chi connectivity index (χ3n) is 4.76. The van der Waals surface area contributed by atoms with Crippen LogP contribution in [0, 0.1) is 11.8 Å². The zero-order chi connectivity index (χ0) is 15.0. The predicted octanol–water partition coefficient (Wildman–Crippen LogP) is 1.23. The second kappa shape index (κ2) is 5.56. The fourth-order valence-corrected chi connectivity index (χ4v) is 3.69. The lowest BCUT2D eigenvalue weighted by Crippen LogP contribution is -2.29. The molecule has 2 aliphatic rings. The second-order valence-corrected chi connectivity index (χ2v) is 6.11. The van der Waals surface area contributed by atoms with E-state index in [4.69, 9.17) is 5.73 Å². The molecular formula is C16H23N3O2. The van der Waals surface area contributed by atoms with Crippen LogP contribution in [0.5, 0.6) is 0 Å². The number of aliphatic hydroxyl groups excluding tert-OH is 1. The number of hydrogen-bond donors (Lipinski definition) is 3. The van der Waals surface area contributed by atoms with Gasteiger partial charge in [0.05, 0.1) is 17.4 Å². The van der Waals surface area contributed by atoms with Crippen LogP contribution in [0.3, 0.4) is 0 Å². The Labute approximate surface area is 125 Å². The molecule has 3 unspecified atom stereocenters. The van der Waals surface area contributed by atoms with Gasteiger partial charge in [-0.15, -0.1) is 0 Å². The highest BCUT2D eigenvalue weighted by Crippen LogP contribution is 2.40. The first-order valence-electron chi connectivity index (χ1n) is 7.71. The summed E-state index contributed by atoms with van der Waals surface area (Å²) in [7, 11) is 0. The van der Waals surface area contributed by atoms with Crippen molar-refractivity contribution in [1.82, 2.24) is 5.32 Å². The van der Waals surface area contributed by atoms with Gasteiger partial charge in [0.1, 0.15) is 0 Å². The van der Waals surface area contributed by atoms with Crippen LogP contribution >= 0.6 is 0 Å². The van der Waals surface area contributed by atoms with Gasteiger partial charge in [-0.1, -0.05) is 0 Å². The number of nitrogens with zero attached hydrogens (tertiary/aromatic N) is 1. The van der Waals surface area contributed by atoms with Crippen LogP contribution < -0.4 is 16.0 Å². The van der Waals surface area contributed by atoms with E-state index in [1.54, 1.807) is 12.1 Å². The van der Waals surface area contributed by atoms with Crippen molar-refractivity contribution in [3.63, 3.8) is 0 Å². The number of benzene rings is 1. The van der Waals surface area contributed by atoms with Crippen molar-refractivity contribution in [2.75, 3.05) is 30.3 Å². The molecule has 1 saturated carbocycles. The molecule has 1 aromatic rings. The van der Waals surface area contributed by atoms with Crippen LogP contribution in [0.1, 0.15) is 30.1 Å². The SMILES string of the molecule is CCNC(=O)c1ccc(N)cc1N1CC2CCC(O)C2C1. The molecule has 4 N–H and O–H groups in total. The molecule has 2 fully saturated rings. The molecular weight excluding hydrogens is 266 g/mol. The fraction of sp³-hybridized carbons (Fsp3) is 0.562. The number of carbonyl (C=O) groups is 1. The summed E-state index contributed by atoms with van der Waals surface area (Å²) in [4.78, 5) is 14.4. The van der Waals surface area contributed by atoms with Gasteiger partial charge in [-0.3, -0.25) is 4.79 Å². The number of hydrogen-bond acceptors (Lipinski definition) is 4. The van der Waals surface area contributed by atoms with E-state index in [1.165, 1.54) is 0 Å². The molecule has 0 bridgehead atoms. The summed E-state index contributed by atoms with van der Waals surface area (Å²) in [6.45, 7) is 4.22. The van der Waals surface area contributed by atoms with E-state index in [9.17, 15) is 9.90 Å². The maximum absolute atomic E-state index is 12.2. The lowest BCUT2D eigenvalue weighted by atomic mass is 10.00. The molecule has 1 aromatic carbocycles. The van der Waals surface area contributed by atoms with Crippen LogP contribution in [0.25, 0.3) is 0 Å². The summed E-state index contributed by atoms with van der Waals surface area (Å²) in [5.41, 5.74) is 8.13. The molecule has 5 nitrogen and oxygen atoms in total. The Kier molecular flexibility index (Phi) is 3.76. The van der Waals surface area contributed by atoms with Crippen LogP contribution in [-0.2, 0) is 0 Å². The fourth-order valence-electron chi connectivity index (χ4n) is 3.69. The number of rotatable bonds is 3. The molecule has 0 spiro atoms. The van der Waals surface area contributed by atoms with E-state index in [0.717, 1.165) is 31.6 Å². The monoisotopic (exact) mass is 289 g/mol. The number of amides is 1. The van der Waals surface area contributed by atoms with Gasteiger partial charge in [0.25, 0.3) is 5.91 Å². The highest BCUT2D eigenvalue weighted by Gasteiger charge is 2.42. The maximum Gasteiger partial charge on any atom is 0.253 e. The third-order valence-corrected chi connectivity index (χ3v) is 4.76. The van der Waals surface area contributed by atoms with Gasteiger partial charge in [-0.05, 0) is 43.9 Å². The summed E-state index contributed by atoms with van der Waals surface area (Å²) >= 11 is 0. The molecule has 0 aromatic heterocycles. The van der Waals surface area contributed by atoms with Crippen molar-refractivity contribution in [1.29, 1.82) is 0 Å². The Morgan fingerprint density at radius 2 is 2.24 bits per heavy atom. The van der Waals surface area contributed by atoms with Crippen molar-refractivity contribution in [3.05, 3.63) is 23.8 Å². The zero-order valence-corrected chi connectivity index (χ0v) is 12.4. The number of anilines is 2. The Hall–Kier alpha value is -1.75. The molecule has 0 radical (unpaired) electrons. The minimum absolute atomic E-state index is 0.0647. The lowest BCUT2D eigenvalue weighted by molar-refractivity contribution is 0.0956. The van der Waals surface area contributed by atoms with E-state index in [0.29, 0.717) is 29.6 Å². The summed E-state index contributed by atoms with van der Waals surface area (Å²) in [6.07, 6.45) is 1.78. The Balaban J connectivity index is 1.88. The third kappa shape index (κ3) is 2.58. The second-order valence-electron chi connectivity index (χ2n) is 6.11. The van der Waals surface area contributed by atoms with Gasteiger partial charge in [0.2, 0.25) is 0 Å². The van der Waals surface area contributed by atoms with Crippen LogP contribution in [0.15, 0.2) is 18.2 Å². The molecule has 3 rings (SSSR count). The highest BCUT2D eigenvalue weighted by atomic mass is 16.3. The van der Waals surface area contributed by atoms with Gasteiger partial charge < -0.3 is 21.1 Å². The average Bonchev–Trinajstić information content (AvgIpc) is 3.01. The van der Waals surface area contributed by atoms with Gasteiger partial charge in [-0.25, -0.2) is 0 Å². The summed E-state index contributed by atoms with van der Waals surface area (Å²) < 4.78 is 0. The molecule has 5 heteroatoms. The van der Waals surface area contributed by atoms with Gasteiger partial charge >= 0.3 is 0 Å². The minimum Gasteiger partial charge on any atom is -0.399 e. The molecule has 114 valence electrons. The predicted molar refractivity (Wildman–Crippen MR) is 83.3 cm³/mol. The first-order chi connectivity index (χ1) is 10.1. The molecule has 1 amide bonds. The molecule has 1 aliphatic heterocycles. The Morgan fingerprint density at radius 3 is 2.95 bits per heavy atom. The number of nitrogen functional groups attached to an aromatic ring is 1. The molecule has 1 heterocycles. The van der Waals surface area contributed by atoms with E-state index in [-0.39, 0.29) is 12.0 Å². The van der Waals surface area contributed by atoms with Crippen molar-refractivity contribution < 1.29 is 9.90 Å². The maximum atomic E-state index is 12.2. The highest BCUT2D eigenvalue weighted by molar-refractivity contribution is 6.00. The smallest absolute Gasteiger partial charge is 0.253 e. The van der Waals surface area contributed by atoms with Gasteiger partial charge in [0.15, 0.2) is 0 Å². The summed E-state index contributed by atoms with van der Waals surface area (Å²) in [6, 6.07) is 5.43. The van der Waals surface area contributed by atoms with Crippen molar-refractivity contribution >= 4 is 17.3 Å². The standard InChI is InChI=1S/C16H23N3O2/c1-2-18-16(21)12-5-4-11(17)7-14(12)19-8-10-3-6-15(20)13(10)9-19/h4-5,7,10,13,15,20H,2-3,6,8-9,17H2,1H3,(H,18,21). The van der Waals surface area contributed by atoms with Crippen LogP contribution in [-0.4, -0.2) is 36.8 Å². The number of carbonyl (C=O) groups excluding carboxylic acids is 1. The van der Waals surface area contributed by atoms with E-state index in [2.05, 4.69) is 10.2 Å². The molecule has 1 aliphatic carbocycles. The summed E-state index contributed by atoms with van der Waals surface area (Å²) in [5, 5.41) is 12.9. The topological polar surface area (TPSA) is 78.6 Å². The van der Waals surface area contributed by atoms with Crippen LogP contribution in [0.4, 0.5) is 11.4 Å². The largest absolute Gasteiger partial charge is 0.399 e. The lowest BCUT2D eigenvalue weighted by Gasteiger charge is -2.23. The van der Waals surface area contributed by atoms with E-state index >= 15 is 0 Å². The molecule has 3 atom stereocenters. The zero-order valence-electron chi connectivity index (χ0n) is 12.4. The average molecular weight is 289 g/mol. The quantitative estimate of drug-likeness (QED) is 0.731. The molecule has 21 heavy (non-hydrogen) atoms. The van der Waals surface area contributed by atoms with E-state index < -0.39 is 0 Å². The first kappa shape index (κ1) is 14.2. The minimum atomic E-state index is -0.200. The van der Waals surface area contributed by atoms with Gasteiger partial charge in [0, 0.05) is 31.2 Å².